The molecule has 0 atom stereocenters. The van der Waals surface area contributed by atoms with E-state index in [2.05, 4.69) is 106 Å². The van der Waals surface area contributed by atoms with Crippen molar-refractivity contribution in [1.29, 1.82) is 0 Å². The van der Waals surface area contributed by atoms with Gasteiger partial charge in [0, 0.05) is 88.8 Å². The number of piperidine rings is 2. The molecule has 0 spiro atoms. The Morgan fingerprint density at radius 3 is 1.25 bits per heavy atom. The number of rotatable bonds is 6. The lowest BCUT2D eigenvalue weighted by Gasteiger charge is -2.34. The van der Waals surface area contributed by atoms with Gasteiger partial charge in [-0.15, -0.1) is 0 Å². The van der Waals surface area contributed by atoms with Gasteiger partial charge in [-0.2, -0.15) is 9.59 Å². The van der Waals surface area contributed by atoms with Gasteiger partial charge in [0.2, 0.25) is 0 Å². The van der Waals surface area contributed by atoms with Crippen LogP contribution in [0.1, 0.15) is 83.8 Å². The average Bonchev–Trinajstić information content (AvgIpc) is 3.68. The van der Waals surface area contributed by atoms with Gasteiger partial charge in [-0.05, 0) is 163 Å². The fourth-order valence-electron chi connectivity index (χ4n) is 9.37. The predicted molar refractivity (Wildman–Crippen MR) is 242 cm³/mol. The van der Waals surface area contributed by atoms with E-state index in [4.69, 9.17) is 42.8 Å². The molecule has 6 aromatic rings. The van der Waals surface area contributed by atoms with Gasteiger partial charge in [0.25, 0.3) is 0 Å². The first-order chi connectivity index (χ1) is 28.2. The number of aliphatic hydroxyl groups is 1. The van der Waals surface area contributed by atoms with E-state index in [1.54, 1.807) is 0 Å². The fraction of sp³-hybridized carbons (Fsp3) is 0.438. The molecule has 0 unspecified atom stereocenters. The lowest BCUT2D eigenvalue weighted by molar-refractivity contribution is -0.191. The number of benzene rings is 2. The minimum absolute atomic E-state index is 0.250. The van der Waals surface area contributed by atoms with Crippen molar-refractivity contribution in [1.82, 2.24) is 19.1 Å². The molecule has 4 aromatic heterocycles. The monoisotopic (exact) mass is 836 g/mol. The summed E-state index contributed by atoms with van der Waals surface area (Å²) >= 11 is 12.5. The molecule has 1 N–H and O–H groups in total. The van der Waals surface area contributed by atoms with E-state index < -0.39 is 0 Å². The van der Waals surface area contributed by atoms with E-state index in [0.717, 1.165) is 94.5 Å². The number of carbonyl (C=O) groups excluding carboxylic acids is 2. The smallest absolute Gasteiger partial charge is 0.373 e. The molecule has 2 fully saturated rings. The zero-order valence-corrected chi connectivity index (χ0v) is 37.6. The van der Waals surface area contributed by atoms with Crippen LogP contribution < -0.4 is 9.80 Å². The third-order valence-corrected chi connectivity index (χ3v) is 12.7. The van der Waals surface area contributed by atoms with Crippen LogP contribution >= 0.6 is 23.2 Å². The molecule has 8 rings (SSSR count). The van der Waals surface area contributed by atoms with Crippen LogP contribution in [0.15, 0.2) is 48.8 Å². The number of nitrogens with zero attached hydrogens (tertiary/aromatic N) is 6. The summed E-state index contributed by atoms with van der Waals surface area (Å²) in [6.45, 7) is 23.9. The van der Waals surface area contributed by atoms with Crippen molar-refractivity contribution in [3.05, 3.63) is 104 Å². The van der Waals surface area contributed by atoms with Crippen molar-refractivity contribution in [2.75, 3.05) is 42.6 Å². The highest BCUT2D eigenvalue weighted by atomic mass is 35.5. The quantitative estimate of drug-likeness (QED) is 0.178. The second kappa shape index (κ2) is 18.7. The summed E-state index contributed by atoms with van der Waals surface area (Å²) in [5.41, 5.74) is 16.3. The Morgan fingerprint density at radius 2 is 0.932 bits per heavy atom. The van der Waals surface area contributed by atoms with Gasteiger partial charge >= 0.3 is 6.15 Å². The van der Waals surface area contributed by atoms with Crippen molar-refractivity contribution in [2.24, 2.45) is 11.8 Å². The summed E-state index contributed by atoms with van der Waals surface area (Å²) in [5, 5.41) is 13.5. The van der Waals surface area contributed by atoms with E-state index in [1.807, 2.05) is 24.3 Å². The Morgan fingerprint density at radius 1 is 0.593 bits per heavy atom. The first-order valence-electron chi connectivity index (χ1n) is 20.8. The van der Waals surface area contributed by atoms with E-state index in [1.165, 1.54) is 69.4 Å². The van der Waals surface area contributed by atoms with E-state index in [0.29, 0.717) is 12.5 Å². The minimum atomic E-state index is 0.250. The van der Waals surface area contributed by atoms with Crippen molar-refractivity contribution in [2.45, 2.75) is 94.4 Å². The number of fused-ring (bicyclic) bond motifs is 2. The molecule has 2 aromatic carbocycles. The highest BCUT2D eigenvalue weighted by molar-refractivity contribution is 6.31. The maximum atomic E-state index is 9.47. The van der Waals surface area contributed by atoms with Crippen LogP contribution in [0.25, 0.3) is 33.4 Å². The van der Waals surface area contributed by atoms with Gasteiger partial charge in [-0.1, -0.05) is 36.5 Å². The molecule has 2 saturated heterocycles. The minimum Gasteiger partial charge on any atom is -0.396 e. The van der Waals surface area contributed by atoms with Crippen LogP contribution in [0.3, 0.4) is 0 Å². The summed E-state index contributed by atoms with van der Waals surface area (Å²) in [6.07, 6.45) is 10.6. The molecule has 0 aliphatic carbocycles. The van der Waals surface area contributed by atoms with Crippen LogP contribution in [0.4, 0.5) is 11.4 Å². The van der Waals surface area contributed by atoms with Gasteiger partial charge in [-0.25, -0.2) is 9.97 Å². The summed E-state index contributed by atoms with van der Waals surface area (Å²) < 4.78 is 4.49. The number of aromatic nitrogens is 4. The van der Waals surface area contributed by atoms with E-state index in [9.17, 15) is 5.11 Å². The fourth-order valence-corrected chi connectivity index (χ4v) is 10.0. The van der Waals surface area contributed by atoms with Crippen molar-refractivity contribution in [3.63, 3.8) is 0 Å². The van der Waals surface area contributed by atoms with Gasteiger partial charge in [-0.3, -0.25) is 0 Å². The molecule has 11 heteroatoms. The number of aryl methyl sites for hydroxylation is 8. The van der Waals surface area contributed by atoms with Crippen LogP contribution in [0.5, 0.6) is 0 Å². The number of pyridine rings is 2. The highest BCUT2D eigenvalue weighted by Crippen LogP contribution is 2.38. The summed E-state index contributed by atoms with van der Waals surface area (Å²) in [7, 11) is 0. The number of halogens is 2. The molecule has 312 valence electrons. The van der Waals surface area contributed by atoms with Crippen molar-refractivity contribution >= 4 is 62.8 Å². The van der Waals surface area contributed by atoms with Gasteiger partial charge in [0.1, 0.15) is 11.3 Å². The maximum absolute atomic E-state index is 9.47. The van der Waals surface area contributed by atoms with Gasteiger partial charge in [0.05, 0.1) is 11.4 Å². The van der Waals surface area contributed by atoms with Gasteiger partial charge < -0.3 is 24.0 Å². The lowest BCUT2D eigenvalue weighted by Crippen LogP contribution is -2.35. The Balaban J connectivity index is 0.000000186. The zero-order chi connectivity index (χ0) is 42.7. The molecular weight excluding hydrogens is 779 g/mol. The molecule has 0 radical (unpaired) electrons. The Hall–Kier alpha value is -4.66. The number of aliphatic hydroxyl groups excluding tert-OH is 1. The number of anilines is 2. The Kier molecular flexibility index (Phi) is 13.9. The Bertz CT molecular complexity index is 2290. The normalized spacial score (nSPS) is 14.9. The first kappa shape index (κ1) is 43.9. The summed E-state index contributed by atoms with van der Waals surface area (Å²) in [6, 6.07) is 12.6. The highest BCUT2D eigenvalue weighted by Gasteiger charge is 2.25. The second-order valence-electron chi connectivity index (χ2n) is 16.6. The molecule has 0 amide bonds. The first-order valence-corrected chi connectivity index (χ1v) is 21.6. The molecule has 6 heterocycles. The van der Waals surface area contributed by atoms with Crippen molar-refractivity contribution < 1.29 is 14.7 Å². The molecule has 2 aliphatic heterocycles. The van der Waals surface area contributed by atoms with Crippen LogP contribution in [0, 0.1) is 67.2 Å². The zero-order valence-electron chi connectivity index (χ0n) is 36.0. The molecule has 2 aliphatic rings. The third-order valence-electron chi connectivity index (χ3n) is 12.2. The average molecular weight is 838 g/mol. The van der Waals surface area contributed by atoms with Gasteiger partial charge in [0.15, 0.2) is 0 Å². The number of hydrogen-bond donors (Lipinski definition) is 1. The van der Waals surface area contributed by atoms with Crippen molar-refractivity contribution in [3.8, 4) is 11.4 Å². The summed E-state index contributed by atoms with van der Waals surface area (Å²) in [4.78, 5) is 31.2. The topological polar surface area (TPSA) is 96.5 Å². The second-order valence-corrected chi connectivity index (χ2v) is 17.5. The molecule has 59 heavy (non-hydrogen) atoms. The Labute approximate surface area is 359 Å². The van der Waals surface area contributed by atoms with E-state index in [-0.39, 0.29) is 6.15 Å². The molecule has 9 nitrogen and oxygen atoms in total. The molecule has 0 saturated carbocycles. The third kappa shape index (κ3) is 9.24. The molecular formula is C48H58Cl2N6O3. The summed E-state index contributed by atoms with van der Waals surface area (Å²) in [5.74, 6) is 1.31. The van der Waals surface area contributed by atoms with Crippen LogP contribution in [-0.2, 0) is 9.59 Å². The van der Waals surface area contributed by atoms with E-state index >= 15 is 0 Å². The SMILES string of the molecule is CCC1CCN(c2cc(C)nc3c2c(C)cn3-c2c(C)cc(Cl)cc2C)CC1.Cc1cc(N2CCC(CO)CC2)c2c(C)cn(-c3c(C)cc(Cl)cc3C)c2n1.O=C=O. The van der Waals surface area contributed by atoms with Crippen LogP contribution in [-0.4, -0.2) is 63.1 Å². The van der Waals surface area contributed by atoms with Crippen LogP contribution in [0.2, 0.25) is 10.0 Å². The predicted octanol–water partition coefficient (Wildman–Crippen LogP) is 11.1. The maximum Gasteiger partial charge on any atom is 0.373 e. The molecule has 0 bridgehead atoms. The lowest BCUT2D eigenvalue weighted by atomic mass is 9.94. The standard InChI is InChI=1S/C24H30ClN3.C23H28ClN3O.CO2/c1-6-19-7-9-27(10-8-19)21-13-18(5)26-24-22(21)17(4)14-28(24)23-15(2)11-20(25)12-16(23)3;1-14-9-19(24)10-15(2)22(14)27-12-16(3)21-20(11-17(4)25-23(21)27)26-7-5-18(13-28)6-8-26;2-1-3/h11-14,19H,6-10H2,1-5H3;9-12,18,28H,5-8,13H2,1-4H3;. The largest absolute Gasteiger partial charge is 0.396 e. The number of hydrogen-bond acceptors (Lipinski definition) is 7.